The maximum Gasteiger partial charge on any atom is 0.217 e. The van der Waals surface area contributed by atoms with E-state index in [9.17, 15) is 4.79 Å². The number of unbranched alkanes of at least 4 members (excludes halogenated alkanes) is 1. The Balaban J connectivity index is 2.60. The summed E-state index contributed by atoms with van der Waals surface area (Å²) in [6.07, 6.45) is 6.78. The van der Waals surface area contributed by atoms with E-state index in [4.69, 9.17) is 5.73 Å². The van der Waals surface area contributed by atoms with Crippen molar-refractivity contribution >= 4 is 17.5 Å². The number of hydrogen-bond donors (Lipinski definition) is 3. The molecule has 0 saturated heterocycles. The molecule has 0 bridgehead atoms. The molecule has 118 valence electrons. The number of aromatic nitrogens is 2. The van der Waals surface area contributed by atoms with E-state index in [1.54, 1.807) is 6.33 Å². The zero-order valence-electron chi connectivity index (χ0n) is 13.1. The molecule has 0 atom stereocenters. The largest absolute Gasteiger partial charge is 0.370 e. The molecule has 0 aliphatic heterocycles. The summed E-state index contributed by atoms with van der Waals surface area (Å²) in [5.74, 6) is 1.58. The summed E-state index contributed by atoms with van der Waals surface area (Å²) in [6.45, 7) is 5.97. The highest BCUT2D eigenvalue weighted by atomic mass is 16.1. The Kier molecular flexibility index (Phi) is 8.16. The Labute approximate surface area is 126 Å². The van der Waals surface area contributed by atoms with Gasteiger partial charge in [0.05, 0.1) is 0 Å². The molecule has 1 aromatic heterocycles. The number of carbonyl (C=O) groups excluding carboxylic acids is 1. The predicted molar refractivity (Wildman–Crippen MR) is 86.3 cm³/mol. The second kappa shape index (κ2) is 9.96. The van der Waals surface area contributed by atoms with Gasteiger partial charge in [-0.3, -0.25) is 4.79 Å². The summed E-state index contributed by atoms with van der Waals surface area (Å²) in [5, 5.41) is 6.70. The van der Waals surface area contributed by atoms with Crippen LogP contribution in [0, 0.1) is 0 Å². The molecule has 0 spiro atoms. The number of rotatable bonds is 11. The topological polar surface area (TPSA) is 92.9 Å². The second-order valence-electron chi connectivity index (χ2n) is 5.08. The molecule has 6 heteroatoms. The Bertz CT molecular complexity index is 436. The number of primary amides is 1. The zero-order chi connectivity index (χ0) is 15.5. The van der Waals surface area contributed by atoms with Crippen molar-refractivity contribution in [2.45, 2.75) is 52.4 Å². The van der Waals surface area contributed by atoms with E-state index in [0.29, 0.717) is 6.42 Å². The second-order valence-corrected chi connectivity index (χ2v) is 5.08. The van der Waals surface area contributed by atoms with Crippen LogP contribution in [0.3, 0.4) is 0 Å². The molecule has 0 aliphatic carbocycles. The number of anilines is 2. The average molecular weight is 293 g/mol. The first kappa shape index (κ1) is 17.2. The van der Waals surface area contributed by atoms with Crippen molar-refractivity contribution in [1.82, 2.24) is 9.97 Å². The van der Waals surface area contributed by atoms with E-state index in [0.717, 1.165) is 62.4 Å². The van der Waals surface area contributed by atoms with Crippen molar-refractivity contribution in [3.63, 3.8) is 0 Å². The van der Waals surface area contributed by atoms with Gasteiger partial charge in [0.1, 0.15) is 18.0 Å². The van der Waals surface area contributed by atoms with Gasteiger partial charge in [0.2, 0.25) is 5.91 Å². The molecule has 0 aliphatic rings. The summed E-state index contributed by atoms with van der Waals surface area (Å²) in [6, 6.07) is 0. The molecule has 1 amide bonds. The third-order valence-electron chi connectivity index (χ3n) is 3.13. The van der Waals surface area contributed by atoms with E-state index in [-0.39, 0.29) is 5.91 Å². The van der Waals surface area contributed by atoms with Crippen LogP contribution in [0.25, 0.3) is 0 Å². The van der Waals surface area contributed by atoms with Crippen LogP contribution in [0.1, 0.15) is 51.5 Å². The first-order valence-electron chi connectivity index (χ1n) is 7.78. The quantitative estimate of drug-likeness (QED) is 0.544. The summed E-state index contributed by atoms with van der Waals surface area (Å²) in [4.78, 5) is 19.4. The number of nitrogens with two attached hydrogens (primary N) is 1. The Hall–Kier alpha value is -1.85. The lowest BCUT2D eigenvalue weighted by atomic mass is 10.1. The van der Waals surface area contributed by atoms with Crippen LogP contribution in [0.2, 0.25) is 0 Å². The molecule has 4 N–H and O–H groups in total. The van der Waals surface area contributed by atoms with Crippen molar-refractivity contribution in [2.24, 2.45) is 5.73 Å². The third-order valence-corrected chi connectivity index (χ3v) is 3.13. The number of nitrogens with zero attached hydrogens (tertiary/aromatic N) is 2. The van der Waals surface area contributed by atoms with E-state index in [1.807, 2.05) is 0 Å². The molecular weight excluding hydrogens is 266 g/mol. The maximum absolute atomic E-state index is 10.7. The molecule has 0 fully saturated rings. The smallest absolute Gasteiger partial charge is 0.217 e. The third kappa shape index (κ3) is 6.42. The molecule has 6 nitrogen and oxygen atoms in total. The number of amides is 1. The van der Waals surface area contributed by atoms with E-state index in [2.05, 4.69) is 34.4 Å². The van der Waals surface area contributed by atoms with Gasteiger partial charge < -0.3 is 16.4 Å². The molecule has 1 heterocycles. The minimum atomic E-state index is -0.241. The molecule has 1 rings (SSSR count). The van der Waals surface area contributed by atoms with Crippen molar-refractivity contribution < 1.29 is 4.79 Å². The molecule has 0 aromatic carbocycles. The van der Waals surface area contributed by atoms with Gasteiger partial charge in [-0.1, -0.05) is 20.3 Å². The lowest BCUT2D eigenvalue weighted by molar-refractivity contribution is -0.118. The Morgan fingerprint density at radius 1 is 1.10 bits per heavy atom. The maximum atomic E-state index is 10.7. The van der Waals surface area contributed by atoms with Crippen LogP contribution in [-0.2, 0) is 11.2 Å². The standard InChI is InChI=1S/C15H27N5O/c1-3-7-12-14(17-9-4-2)19-11-20-15(12)18-10-6-5-8-13(16)21/h11H,3-10H2,1-2H3,(H2,16,21)(H2,17,18,19,20). The Morgan fingerprint density at radius 2 is 1.76 bits per heavy atom. The highest BCUT2D eigenvalue weighted by Crippen LogP contribution is 2.21. The van der Waals surface area contributed by atoms with Crippen molar-refractivity contribution in [3.05, 3.63) is 11.9 Å². The van der Waals surface area contributed by atoms with Crippen LogP contribution >= 0.6 is 0 Å². The first-order chi connectivity index (χ1) is 10.2. The zero-order valence-corrected chi connectivity index (χ0v) is 13.1. The number of nitrogens with one attached hydrogen (secondary N) is 2. The van der Waals surface area contributed by atoms with Crippen molar-refractivity contribution in [3.8, 4) is 0 Å². The highest BCUT2D eigenvalue weighted by molar-refractivity contribution is 5.73. The van der Waals surface area contributed by atoms with Crippen molar-refractivity contribution in [2.75, 3.05) is 23.7 Å². The molecule has 0 radical (unpaired) electrons. The molecule has 0 saturated carbocycles. The van der Waals surface area contributed by atoms with E-state index in [1.165, 1.54) is 0 Å². The number of carbonyl (C=O) groups is 1. The van der Waals surface area contributed by atoms with Crippen LogP contribution in [0.15, 0.2) is 6.33 Å². The van der Waals surface area contributed by atoms with Gasteiger partial charge in [0, 0.05) is 25.1 Å². The van der Waals surface area contributed by atoms with Crippen LogP contribution in [0.5, 0.6) is 0 Å². The summed E-state index contributed by atoms with van der Waals surface area (Å²) in [5.41, 5.74) is 6.27. The van der Waals surface area contributed by atoms with Gasteiger partial charge in [-0.05, 0) is 25.7 Å². The van der Waals surface area contributed by atoms with Crippen LogP contribution in [-0.4, -0.2) is 29.0 Å². The van der Waals surface area contributed by atoms with Gasteiger partial charge in [-0.25, -0.2) is 9.97 Å². The van der Waals surface area contributed by atoms with E-state index < -0.39 is 0 Å². The SMILES string of the molecule is CCCNc1ncnc(NCCCCC(N)=O)c1CCC. The fourth-order valence-corrected chi connectivity index (χ4v) is 2.08. The predicted octanol–water partition coefficient (Wildman–Crippen LogP) is 2.32. The lowest BCUT2D eigenvalue weighted by Gasteiger charge is -2.14. The fourth-order valence-electron chi connectivity index (χ4n) is 2.08. The summed E-state index contributed by atoms with van der Waals surface area (Å²) in [7, 11) is 0. The van der Waals surface area contributed by atoms with Gasteiger partial charge in [-0.15, -0.1) is 0 Å². The van der Waals surface area contributed by atoms with Crippen molar-refractivity contribution in [1.29, 1.82) is 0 Å². The Morgan fingerprint density at radius 3 is 2.33 bits per heavy atom. The lowest BCUT2D eigenvalue weighted by Crippen LogP contribution is -2.13. The highest BCUT2D eigenvalue weighted by Gasteiger charge is 2.10. The van der Waals surface area contributed by atoms with Gasteiger partial charge in [0.15, 0.2) is 0 Å². The average Bonchev–Trinajstić information content (AvgIpc) is 2.46. The molecule has 21 heavy (non-hydrogen) atoms. The monoisotopic (exact) mass is 293 g/mol. The molecule has 1 aromatic rings. The van der Waals surface area contributed by atoms with Gasteiger partial charge in [-0.2, -0.15) is 0 Å². The minimum Gasteiger partial charge on any atom is -0.370 e. The van der Waals surface area contributed by atoms with Gasteiger partial charge >= 0.3 is 0 Å². The normalized spacial score (nSPS) is 10.4. The van der Waals surface area contributed by atoms with Gasteiger partial charge in [0.25, 0.3) is 0 Å². The summed E-state index contributed by atoms with van der Waals surface area (Å²) >= 11 is 0. The molecule has 0 unspecified atom stereocenters. The van der Waals surface area contributed by atoms with E-state index >= 15 is 0 Å². The van der Waals surface area contributed by atoms with Crippen LogP contribution in [0.4, 0.5) is 11.6 Å². The minimum absolute atomic E-state index is 0.241. The number of hydrogen-bond acceptors (Lipinski definition) is 5. The summed E-state index contributed by atoms with van der Waals surface area (Å²) < 4.78 is 0. The molecular formula is C15H27N5O. The fraction of sp³-hybridized carbons (Fsp3) is 0.667. The van der Waals surface area contributed by atoms with Crippen LogP contribution < -0.4 is 16.4 Å². The first-order valence-corrected chi connectivity index (χ1v) is 7.78.